The molecule has 9 heteroatoms. The molecule has 0 unspecified atom stereocenters. The van der Waals surface area contributed by atoms with E-state index in [1.807, 2.05) is 12.1 Å². The van der Waals surface area contributed by atoms with E-state index in [-0.39, 0.29) is 30.7 Å². The Labute approximate surface area is 225 Å². The highest BCUT2D eigenvalue weighted by Gasteiger charge is 2.35. The van der Waals surface area contributed by atoms with Gasteiger partial charge >= 0.3 is 0 Å². The van der Waals surface area contributed by atoms with Crippen LogP contribution in [-0.2, 0) is 27.3 Å². The van der Waals surface area contributed by atoms with E-state index in [4.69, 9.17) is 27.9 Å². The second-order valence-corrected chi connectivity index (χ2v) is 9.57. The fraction of sp³-hybridized carbons (Fsp3) is 0.250. The number of anilines is 2. The Morgan fingerprint density at radius 2 is 1.68 bits per heavy atom. The fourth-order valence-electron chi connectivity index (χ4n) is 4.00. The van der Waals surface area contributed by atoms with Crippen LogP contribution >= 0.6 is 23.2 Å². The number of rotatable bonds is 9. The Kier molecular flexibility index (Phi) is 8.69. The zero-order valence-corrected chi connectivity index (χ0v) is 21.8. The third-order valence-electron chi connectivity index (χ3n) is 6.12. The number of hydrogen-bond donors (Lipinski definition) is 2. The van der Waals surface area contributed by atoms with Crippen molar-refractivity contribution in [1.82, 2.24) is 5.32 Å². The lowest BCUT2D eigenvalue weighted by atomic mass is 10.1. The Balaban J connectivity index is 1.26. The summed E-state index contributed by atoms with van der Waals surface area (Å²) in [5.74, 6) is -0.538. The maximum atomic E-state index is 12.7. The van der Waals surface area contributed by atoms with Crippen LogP contribution in [-0.4, -0.2) is 30.9 Å². The van der Waals surface area contributed by atoms with Gasteiger partial charge in [-0.1, -0.05) is 54.4 Å². The smallest absolute Gasteiger partial charge is 0.262 e. The lowest BCUT2D eigenvalue weighted by Crippen LogP contribution is -2.32. The SMILES string of the molecule is CCc1ccc(CNC(=O)[C@@H]2CC(=O)N(c3ccc(OCC(=O)Nc4ccc(Cl)c(Cl)c4)cc3)C2)cc1. The molecule has 0 aliphatic carbocycles. The van der Waals surface area contributed by atoms with Crippen molar-refractivity contribution in [2.24, 2.45) is 5.92 Å². The minimum atomic E-state index is -0.414. The number of nitrogens with one attached hydrogen (secondary N) is 2. The van der Waals surface area contributed by atoms with Gasteiger partial charge in [0.25, 0.3) is 5.91 Å². The molecular formula is C28H27Cl2N3O4. The van der Waals surface area contributed by atoms with E-state index in [1.165, 1.54) is 5.56 Å². The molecule has 1 fully saturated rings. The summed E-state index contributed by atoms with van der Waals surface area (Å²) >= 11 is 11.8. The zero-order chi connectivity index (χ0) is 26.4. The number of amides is 3. The molecule has 192 valence electrons. The van der Waals surface area contributed by atoms with Crippen LogP contribution in [0.4, 0.5) is 11.4 Å². The van der Waals surface area contributed by atoms with Crippen molar-refractivity contribution in [1.29, 1.82) is 0 Å². The topological polar surface area (TPSA) is 87.7 Å². The number of carbonyl (C=O) groups is 3. The van der Waals surface area contributed by atoms with Crippen LogP contribution in [0, 0.1) is 5.92 Å². The predicted octanol–water partition coefficient (Wildman–Crippen LogP) is 5.24. The van der Waals surface area contributed by atoms with Crippen LogP contribution in [0.25, 0.3) is 0 Å². The highest BCUT2D eigenvalue weighted by atomic mass is 35.5. The Hall–Kier alpha value is -3.55. The molecule has 37 heavy (non-hydrogen) atoms. The van der Waals surface area contributed by atoms with Crippen molar-refractivity contribution in [3.63, 3.8) is 0 Å². The molecule has 4 rings (SSSR count). The lowest BCUT2D eigenvalue weighted by molar-refractivity contribution is -0.126. The van der Waals surface area contributed by atoms with Crippen molar-refractivity contribution < 1.29 is 19.1 Å². The maximum Gasteiger partial charge on any atom is 0.262 e. The molecule has 1 aliphatic rings. The quantitative estimate of drug-likeness (QED) is 0.389. The highest BCUT2D eigenvalue weighted by molar-refractivity contribution is 6.42. The van der Waals surface area contributed by atoms with E-state index in [9.17, 15) is 14.4 Å². The first kappa shape index (κ1) is 26.5. The third kappa shape index (κ3) is 7.02. The summed E-state index contributed by atoms with van der Waals surface area (Å²) in [5.41, 5.74) is 3.45. The number of hydrogen-bond acceptors (Lipinski definition) is 4. The van der Waals surface area contributed by atoms with Crippen LogP contribution in [0.3, 0.4) is 0 Å². The van der Waals surface area contributed by atoms with Gasteiger partial charge < -0.3 is 20.3 Å². The monoisotopic (exact) mass is 539 g/mol. The second kappa shape index (κ2) is 12.1. The van der Waals surface area contributed by atoms with E-state index in [0.29, 0.717) is 40.3 Å². The Morgan fingerprint density at radius 1 is 0.973 bits per heavy atom. The number of ether oxygens (including phenoxy) is 1. The van der Waals surface area contributed by atoms with Crippen LogP contribution < -0.4 is 20.3 Å². The first-order valence-electron chi connectivity index (χ1n) is 12.0. The first-order chi connectivity index (χ1) is 17.8. The van der Waals surface area contributed by atoms with E-state index in [2.05, 4.69) is 29.7 Å². The van der Waals surface area contributed by atoms with Gasteiger partial charge in [0.15, 0.2) is 6.61 Å². The van der Waals surface area contributed by atoms with Gasteiger partial charge in [0.2, 0.25) is 11.8 Å². The van der Waals surface area contributed by atoms with Crippen molar-refractivity contribution in [3.05, 3.63) is 87.9 Å². The van der Waals surface area contributed by atoms with Crippen LogP contribution in [0.1, 0.15) is 24.5 Å². The molecule has 0 saturated carbocycles. The molecule has 0 bridgehead atoms. The largest absolute Gasteiger partial charge is 0.484 e. The minimum Gasteiger partial charge on any atom is -0.484 e. The number of halogens is 2. The zero-order valence-electron chi connectivity index (χ0n) is 20.3. The molecule has 0 radical (unpaired) electrons. The molecule has 3 amide bonds. The minimum absolute atomic E-state index is 0.109. The fourth-order valence-corrected chi connectivity index (χ4v) is 4.30. The molecule has 0 aromatic heterocycles. The molecule has 1 saturated heterocycles. The van der Waals surface area contributed by atoms with E-state index in [1.54, 1.807) is 47.4 Å². The van der Waals surface area contributed by atoms with Crippen LogP contribution in [0.5, 0.6) is 5.75 Å². The van der Waals surface area contributed by atoms with Gasteiger partial charge in [-0.15, -0.1) is 0 Å². The summed E-state index contributed by atoms with van der Waals surface area (Å²) in [7, 11) is 0. The molecule has 1 aliphatic heterocycles. The van der Waals surface area contributed by atoms with Crippen molar-refractivity contribution in [2.75, 3.05) is 23.4 Å². The number of aryl methyl sites for hydroxylation is 1. The van der Waals surface area contributed by atoms with Crippen molar-refractivity contribution in [2.45, 2.75) is 26.3 Å². The third-order valence-corrected chi connectivity index (χ3v) is 6.85. The molecule has 3 aromatic rings. The summed E-state index contributed by atoms with van der Waals surface area (Å²) in [6.07, 6.45) is 1.13. The van der Waals surface area contributed by atoms with Gasteiger partial charge in [-0.05, 0) is 60.0 Å². The number of carbonyl (C=O) groups excluding carboxylic acids is 3. The first-order valence-corrected chi connectivity index (χ1v) is 12.7. The lowest BCUT2D eigenvalue weighted by Gasteiger charge is -2.17. The summed E-state index contributed by atoms with van der Waals surface area (Å²) in [6, 6.07) is 19.8. The van der Waals surface area contributed by atoms with Gasteiger partial charge in [0.05, 0.1) is 16.0 Å². The normalized spacial score (nSPS) is 14.9. The summed E-state index contributed by atoms with van der Waals surface area (Å²) in [4.78, 5) is 39.0. The molecule has 2 N–H and O–H groups in total. The summed E-state index contributed by atoms with van der Waals surface area (Å²) < 4.78 is 5.55. The number of nitrogens with zero attached hydrogens (tertiary/aromatic N) is 1. The van der Waals surface area contributed by atoms with Gasteiger partial charge in [-0.25, -0.2) is 0 Å². The van der Waals surface area contributed by atoms with Crippen LogP contribution in [0.2, 0.25) is 10.0 Å². The molecular weight excluding hydrogens is 513 g/mol. The average molecular weight is 540 g/mol. The molecule has 1 heterocycles. The number of benzene rings is 3. The molecule has 7 nitrogen and oxygen atoms in total. The van der Waals surface area contributed by atoms with Gasteiger partial charge in [-0.2, -0.15) is 0 Å². The second-order valence-electron chi connectivity index (χ2n) is 8.75. The Morgan fingerprint density at radius 3 is 2.35 bits per heavy atom. The van der Waals surface area contributed by atoms with Crippen molar-refractivity contribution >= 4 is 52.3 Å². The van der Waals surface area contributed by atoms with Gasteiger partial charge in [-0.3, -0.25) is 14.4 Å². The maximum absolute atomic E-state index is 12.7. The predicted molar refractivity (Wildman–Crippen MR) is 145 cm³/mol. The molecule has 0 spiro atoms. The van der Waals surface area contributed by atoms with Crippen LogP contribution in [0.15, 0.2) is 66.7 Å². The summed E-state index contributed by atoms with van der Waals surface area (Å²) in [5, 5.41) is 6.37. The van der Waals surface area contributed by atoms with Gasteiger partial charge in [0, 0.05) is 30.9 Å². The molecule has 3 aromatic carbocycles. The average Bonchev–Trinajstić information content (AvgIpc) is 3.30. The standard InChI is InChI=1S/C28H27Cl2N3O4/c1-2-18-3-5-19(6-4-18)15-31-28(36)20-13-27(35)33(16-20)22-8-10-23(11-9-22)37-17-26(34)32-21-7-12-24(29)25(30)14-21/h3-12,14,20H,2,13,15-17H2,1H3,(H,31,36)(H,32,34)/t20-/m1/s1. The summed E-state index contributed by atoms with van der Waals surface area (Å²) in [6.45, 7) is 2.63. The Bertz CT molecular complexity index is 1280. The van der Waals surface area contributed by atoms with Gasteiger partial charge in [0.1, 0.15) is 5.75 Å². The van der Waals surface area contributed by atoms with Crippen molar-refractivity contribution in [3.8, 4) is 5.75 Å². The van der Waals surface area contributed by atoms with E-state index >= 15 is 0 Å². The molecule has 1 atom stereocenters. The highest BCUT2D eigenvalue weighted by Crippen LogP contribution is 2.28. The van der Waals surface area contributed by atoms with E-state index in [0.717, 1.165) is 12.0 Å². The van der Waals surface area contributed by atoms with E-state index < -0.39 is 5.92 Å².